The van der Waals surface area contributed by atoms with Crippen molar-refractivity contribution in [1.82, 2.24) is 0 Å². The lowest BCUT2D eigenvalue weighted by Gasteiger charge is -2.04. The van der Waals surface area contributed by atoms with E-state index in [9.17, 15) is 0 Å². The van der Waals surface area contributed by atoms with Gasteiger partial charge < -0.3 is 4.74 Å². The molecule has 1 aromatic carbocycles. The summed E-state index contributed by atoms with van der Waals surface area (Å²) in [5, 5.41) is 1.11. The van der Waals surface area contributed by atoms with Crippen molar-refractivity contribution in [3.8, 4) is 0 Å². The molecule has 0 spiro atoms. The molecule has 90 valence electrons. The first-order valence-corrected chi connectivity index (χ1v) is 7.23. The Morgan fingerprint density at radius 3 is 2.38 bits per heavy atom. The van der Waals surface area contributed by atoms with Crippen molar-refractivity contribution in [2.75, 3.05) is 18.5 Å². The molecule has 0 radical (unpaired) electrons. The molecule has 0 N–H and O–H groups in total. The van der Waals surface area contributed by atoms with Crippen molar-refractivity contribution < 1.29 is 4.74 Å². The van der Waals surface area contributed by atoms with Crippen LogP contribution < -0.4 is 0 Å². The fraction of sp³-hybridized carbons (Fsp3) is 0.571. The molecule has 0 bridgehead atoms. The lowest BCUT2D eigenvalue weighted by molar-refractivity contribution is 0.128. The molecule has 16 heavy (non-hydrogen) atoms. The first kappa shape index (κ1) is 13.7. The molecule has 0 aliphatic rings. The van der Waals surface area contributed by atoms with Crippen molar-refractivity contribution in [1.29, 1.82) is 0 Å². The Morgan fingerprint density at radius 1 is 0.875 bits per heavy atom. The number of benzene rings is 1. The summed E-state index contributed by atoms with van der Waals surface area (Å²) in [4.78, 5) is 0. The summed E-state index contributed by atoms with van der Waals surface area (Å²) in [6, 6.07) is 10.6. The lowest BCUT2D eigenvalue weighted by atomic mass is 10.1. The highest BCUT2D eigenvalue weighted by Gasteiger charge is 1.93. The van der Waals surface area contributed by atoms with Gasteiger partial charge in [-0.05, 0) is 31.2 Å². The first-order valence-electron chi connectivity index (χ1n) is 6.11. The Morgan fingerprint density at radius 2 is 1.62 bits per heavy atom. The molecule has 0 aliphatic carbocycles. The zero-order valence-corrected chi connectivity index (χ0v) is 11.4. The van der Waals surface area contributed by atoms with Crippen LogP contribution in [-0.4, -0.2) is 18.5 Å². The molecule has 0 amide bonds. The second-order valence-corrected chi connectivity index (χ2v) is 4.74. The number of hydrogen-bond donors (Lipinski definition) is 0. The fourth-order valence-electron chi connectivity index (χ4n) is 1.60. The van der Waals surface area contributed by atoms with Gasteiger partial charge in [0, 0.05) is 18.5 Å². The van der Waals surface area contributed by atoms with E-state index in [-0.39, 0.29) is 0 Å². The predicted molar refractivity (Wildman–Crippen MR) is 73.2 cm³/mol. The lowest BCUT2D eigenvalue weighted by Crippen LogP contribution is -1.98. The monoisotopic (exact) mass is 284 g/mol. The molecule has 0 heterocycles. The van der Waals surface area contributed by atoms with Crippen molar-refractivity contribution in [2.24, 2.45) is 0 Å². The van der Waals surface area contributed by atoms with Crippen LogP contribution in [0.1, 0.15) is 31.2 Å². The molecule has 0 saturated heterocycles. The molecular formula is C14H21BrO. The van der Waals surface area contributed by atoms with Gasteiger partial charge in [0.15, 0.2) is 0 Å². The highest BCUT2D eigenvalue weighted by atomic mass is 79.9. The third kappa shape index (κ3) is 7.02. The van der Waals surface area contributed by atoms with E-state index in [1.54, 1.807) is 0 Å². The van der Waals surface area contributed by atoms with Crippen molar-refractivity contribution in [3.63, 3.8) is 0 Å². The maximum atomic E-state index is 5.59. The van der Waals surface area contributed by atoms with Crippen LogP contribution in [0.4, 0.5) is 0 Å². The molecule has 0 atom stereocenters. The van der Waals surface area contributed by atoms with Crippen LogP contribution in [0.25, 0.3) is 0 Å². The van der Waals surface area contributed by atoms with Crippen LogP contribution in [0, 0.1) is 0 Å². The Hall–Kier alpha value is -0.340. The predicted octanol–water partition coefficient (Wildman–Crippen LogP) is 4.20. The van der Waals surface area contributed by atoms with Gasteiger partial charge in [0.05, 0.1) is 0 Å². The van der Waals surface area contributed by atoms with Gasteiger partial charge in [-0.25, -0.2) is 0 Å². The smallest absolute Gasteiger partial charge is 0.0469 e. The summed E-state index contributed by atoms with van der Waals surface area (Å²) >= 11 is 3.43. The van der Waals surface area contributed by atoms with E-state index < -0.39 is 0 Å². The van der Waals surface area contributed by atoms with E-state index in [1.807, 2.05) is 0 Å². The zero-order chi connectivity index (χ0) is 11.5. The maximum absolute atomic E-state index is 5.59. The molecule has 0 aliphatic heterocycles. The number of aryl methyl sites for hydroxylation is 1. The minimum Gasteiger partial charge on any atom is -0.381 e. The van der Waals surface area contributed by atoms with E-state index in [4.69, 9.17) is 4.74 Å². The molecule has 0 fully saturated rings. The number of hydrogen-bond acceptors (Lipinski definition) is 1. The van der Waals surface area contributed by atoms with E-state index >= 15 is 0 Å². The fourth-order valence-corrected chi connectivity index (χ4v) is 2.00. The highest BCUT2D eigenvalue weighted by molar-refractivity contribution is 9.09. The summed E-state index contributed by atoms with van der Waals surface area (Å²) < 4.78 is 5.59. The van der Waals surface area contributed by atoms with Gasteiger partial charge in [-0.2, -0.15) is 0 Å². The third-order valence-electron chi connectivity index (χ3n) is 2.52. The topological polar surface area (TPSA) is 9.23 Å². The van der Waals surface area contributed by atoms with Crippen molar-refractivity contribution >= 4 is 15.9 Å². The zero-order valence-electron chi connectivity index (χ0n) is 9.83. The Labute approximate surface area is 107 Å². The van der Waals surface area contributed by atoms with Crippen LogP contribution >= 0.6 is 15.9 Å². The van der Waals surface area contributed by atoms with Crippen LogP contribution in [-0.2, 0) is 11.2 Å². The minimum absolute atomic E-state index is 0.892. The standard InChI is InChI=1S/C14H21BrO/c15-11-5-2-6-12-16-13-7-10-14-8-3-1-4-9-14/h1,3-4,8-9H,2,5-7,10-13H2. The summed E-state index contributed by atoms with van der Waals surface area (Å²) in [6.45, 7) is 1.81. The Bertz CT molecular complexity index is 248. The average molecular weight is 285 g/mol. The SMILES string of the molecule is BrCCCCCOCCCc1ccccc1. The van der Waals surface area contributed by atoms with E-state index in [0.29, 0.717) is 0 Å². The molecule has 2 heteroatoms. The van der Waals surface area contributed by atoms with Gasteiger partial charge in [-0.15, -0.1) is 0 Å². The summed E-state index contributed by atoms with van der Waals surface area (Å²) in [5.74, 6) is 0. The van der Waals surface area contributed by atoms with Crippen LogP contribution in [0.2, 0.25) is 0 Å². The molecule has 0 saturated carbocycles. The number of ether oxygens (including phenoxy) is 1. The Kier molecular flexibility index (Phi) is 8.45. The van der Waals surface area contributed by atoms with Gasteiger partial charge in [0.25, 0.3) is 0 Å². The summed E-state index contributed by atoms with van der Waals surface area (Å²) in [6.07, 6.45) is 5.97. The van der Waals surface area contributed by atoms with Crippen molar-refractivity contribution in [3.05, 3.63) is 35.9 Å². The van der Waals surface area contributed by atoms with Crippen LogP contribution in [0.3, 0.4) is 0 Å². The van der Waals surface area contributed by atoms with Crippen LogP contribution in [0.5, 0.6) is 0 Å². The quantitative estimate of drug-likeness (QED) is 0.488. The minimum atomic E-state index is 0.892. The molecule has 1 aromatic rings. The largest absolute Gasteiger partial charge is 0.381 e. The maximum Gasteiger partial charge on any atom is 0.0469 e. The van der Waals surface area contributed by atoms with E-state index in [1.165, 1.54) is 24.8 Å². The first-order chi connectivity index (χ1) is 7.93. The van der Waals surface area contributed by atoms with Gasteiger partial charge in [0.2, 0.25) is 0 Å². The van der Waals surface area contributed by atoms with Crippen molar-refractivity contribution in [2.45, 2.75) is 32.1 Å². The van der Waals surface area contributed by atoms with Gasteiger partial charge in [-0.3, -0.25) is 0 Å². The third-order valence-corrected chi connectivity index (χ3v) is 3.08. The Balaban J connectivity index is 1.89. The highest BCUT2D eigenvalue weighted by Crippen LogP contribution is 2.03. The second-order valence-electron chi connectivity index (χ2n) is 3.95. The number of unbranched alkanes of at least 4 members (excludes halogenated alkanes) is 2. The average Bonchev–Trinajstić information content (AvgIpc) is 2.34. The second kappa shape index (κ2) is 9.86. The molecule has 1 nitrogen and oxygen atoms in total. The van der Waals surface area contributed by atoms with Crippen LogP contribution in [0.15, 0.2) is 30.3 Å². The normalized spacial score (nSPS) is 10.6. The van der Waals surface area contributed by atoms with E-state index in [0.717, 1.165) is 31.4 Å². The molecule has 0 aromatic heterocycles. The molecule has 0 unspecified atom stereocenters. The summed E-state index contributed by atoms with van der Waals surface area (Å²) in [5.41, 5.74) is 1.41. The van der Waals surface area contributed by atoms with Gasteiger partial charge in [-0.1, -0.05) is 52.7 Å². The molecular weight excluding hydrogens is 264 g/mol. The number of alkyl halides is 1. The van der Waals surface area contributed by atoms with Gasteiger partial charge >= 0.3 is 0 Å². The van der Waals surface area contributed by atoms with Gasteiger partial charge in [0.1, 0.15) is 0 Å². The number of rotatable bonds is 9. The van der Waals surface area contributed by atoms with E-state index in [2.05, 4.69) is 46.3 Å². The molecule has 1 rings (SSSR count). The number of halogens is 1. The summed E-state index contributed by atoms with van der Waals surface area (Å²) in [7, 11) is 0.